The molecule has 1 saturated heterocycles. The summed E-state index contributed by atoms with van der Waals surface area (Å²) in [5, 5.41) is 1.47. The topological polar surface area (TPSA) is 55.2 Å². The van der Waals surface area contributed by atoms with Crippen LogP contribution in [0.3, 0.4) is 0 Å². The summed E-state index contributed by atoms with van der Waals surface area (Å²) in [4.78, 5) is 34.2. The Morgan fingerprint density at radius 3 is 2.77 bits per heavy atom. The number of aromatic nitrogens is 2. The van der Waals surface area contributed by atoms with Gasteiger partial charge in [0.2, 0.25) is 5.91 Å². The normalized spacial score (nSPS) is 18.3. The number of fused-ring (bicyclic) bond motifs is 3. The number of amides is 1. The van der Waals surface area contributed by atoms with Crippen molar-refractivity contribution in [1.82, 2.24) is 14.5 Å². The van der Waals surface area contributed by atoms with Crippen molar-refractivity contribution < 1.29 is 4.79 Å². The van der Waals surface area contributed by atoms with E-state index < -0.39 is 0 Å². The molecule has 0 unspecified atom stereocenters. The molecule has 2 aliphatic rings. The molecule has 0 spiro atoms. The maximum Gasteiger partial charge on any atom is 0.262 e. The SMILES string of the molecule is CC1CCN(C(=O)CSc2nc3sc4c(c3c(=O)n2C)CCCC4)CC1. The third kappa shape index (κ3) is 3.31. The van der Waals surface area contributed by atoms with E-state index in [2.05, 4.69) is 6.92 Å². The maximum atomic E-state index is 12.9. The lowest BCUT2D eigenvalue weighted by Gasteiger charge is -2.30. The molecule has 0 bridgehead atoms. The van der Waals surface area contributed by atoms with Gasteiger partial charge in [-0.05, 0) is 50.0 Å². The Bertz CT molecular complexity index is 894. The number of thioether (sulfide) groups is 1. The van der Waals surface area contributed by atoms with Crippen molar-refractivity contribution in [3.8, 4) is 0 Å². The minimum absolute atomic E-state index is 0.0381. The Labute approximate surface area is 161 Å². The van der Waals surface area contributed by atoms with E-state index in [9.17, 15) is 9.59 Å². The highest BCUT2D eigenvalue weighted by Crippen LogP contribution is 2.34. The van der Waals surface area contributed by atoms with Crippen LogP contribution in [0.4, 0.5) is 0 Å². The molecular formula is C19H25N3O2S2. The first-order chi connectivity index (χ1) is 12.5. The van der Waals surface area contributed by atoms with Gasteiger partial charge in [-0.15, -0.1) is 11.3 Å². The van der Waals surface area contributed by atoms with Crippen molar-refractivity contribution >= 4 is 39.2 Å². The Kier molecular flexibility index (Phi) is 5.10. The van der Waals surface area contributed by atoms with Gasteiger partial charge in [-0.3, -0.25) is 14.2 Å². The fourth-order valence-electron chi connectivity index (χ4n) is 3.87. The van der Waals surface area contributed by atoms with Gasteiger partial charge in [-0.2, -0.15) is 0 Å². The molecule has 1 aliphatic heterocycles. The summed E-state index contributed by atoms with van der Waals surface area (Å²) in [5.74, 6) is 1.22. The summed E-state index contributed by atoms with van der Waals surface area (Å²) in [6.07, 6.45) is 6.57. The second-order valence-electron chi connectivity index (χ2n) is 7.50. The molecule has 1 aliphatic carbocycles. The molecule has 4 rings (SSSR count). The van der Waals surface area contributed by atoms with Crippen LogP contribution in [0.5, 0.6) is 0 Å². The molecule has 0 saturated carbocycles. The summed E-state index contributed by atoms with van der Waals surface area (Å²) in [6, 6.07) is 0. The Hall–Kier alpha value is -1.34. The summed E-state index contributed by atoms with van der Waals surface area (Å²) in [5.41, 5.74) is 1.26. The number of piperidine rings is 1. The fourth-order valence-corrected chi connectivity index (χ4v) is 6.05. The van der Waals surface area contributed by atoms with Gasteiger partial charge in [0.15, 0.2) is 5.16 Å². The predicted molar refractivity (Wildman–Crippen MR) is 107 cm³/mol. The molecule has 1 amide bonds. The summed E-state index contributed by atoms with van der Waals surface area (Å²) < 4.78 is 1.63. The molecule has 26 heavy (non-hydrogen) atoms. The Morgan fingerprint density at radius 2 is 2.00 bits per heavy atom. The second kappa shape index (κ2) is 7.35. The number of rotatable bonds is 3. The number of thiophene rings is 1. The highest BCUT2D eigenvalue weighted by atomic mass is 32.2. The second-order valence-corrected chi connectivity index (χ2v) is 9.53. The standard InChI is InChI=1S/C19H25N3O2S2/c1-12-7-9-22(10-8-12)15(23)11-25-19-20-17-16(18(24)21(19)2)13-5-3-4-6-14(13)26-17/h12H,3-11H2,1-2H3. The lowest BCUT2D eigenvalue weighted by molar-refractivity contribution is -0.129. The van der Waals surface area contributed by atoms with Crippen LogP contribution in [-0.2, 0) is 24.7 Å². The van der Waals surface area contributed by atoms with E-state index in [4.69, 9.17) is 4.98 Å². The maximum absolute atomic E-state index is 12.9. The Morgan fingerprint density at radius 1 is 1.27 bits per heavy atom. The molecule has 1 fully saturated rings. The van der Waals surface area contributed by atoms with Crippen molar-refractivity contribution in [2.24, 2.45) is 13.0 Å². The van der Waals surface area contributed by atoms with E-state index in [-0.39, 0.29) is 11.5 Å². The third-order valence-electron chi connectivity index (χ3n) is 5.62. The summed E-state index contributed by atoms with van der Waals surface area (Å²) in [7, 11) is 1.77. The molecule has 3 heterocycles. The van der Waals surface area contributed by atoms with Crippen LogP contribution in [0.25, 0.3) is 10.2 Å². The largest absolute Gasteiger partial charge is 0.342 e. The highest BCUT2D eigenvalue weighted by molar-refractivity contribution is 7.99. The number of hydrogen-bond acceptors (Lipinski definition) is 5. The van der Waals surface area contributed by atoms with Crippen molar-refractivity contribution in [2.75, 3.05) is 18.8 Å². The van der Waals surface area contributed by atoms with Crippen LogP contribution >= 0.6 is 23.1 Å². The van der Waals surface area contributed by atoms with Gasteiger partial charge < -0.3 is 4.90 Å². The minimum atomic E-state index is 0.0381. The van der Waals surface area contributed by atoms with Gasteiger partial charge in [-0.25, -0.2) is 4.98 Å². The molecule has 7 heteroatoms. The van der Waals surface area contributed by atoms with Gasteiger partial charge in [0.25, 0.3) is 5.56 Å². The molecule has 0 atom stereocenters. The first-order valence-corrected chi connectivity index (χ1v) is 11.3. The van der Waals surface area contributed by atoms with Crippen molar-refractivity contribution in [3.05, 3.63) is 20.8 Å². The van der Waals surface area contributed by atoms with Crippen LogP contribution in [-0.4, -0.2) is 39.2 Å². The van der Waals surface area contributed by atoms with E-state index in [0.29, 0.717) is 16.8 Å². The third-order valence-corrected chi connectivity index (χ3v) is 7.82. The van der Waals surface area contributed by atoms with E-state index in [1.165, 1.54) is 28.6 Å². The quantitative estimate of drug-likeness (QED) is 0.595. The van der Waals surface area contributed by atoms with Crippen LogP contribution in [0.2, 0.25) is 0 Å². The fraction of sp³-hybridized carbons (Fsp3) is 0.632. The van der Waals surface area contributed by atoms with Crippen molar-refractivity contribution in [1.29, 1.82) is 0 Å². The number of likely N-dealkylation sites (tertiary alicyclic amines) is 1. The van der Waals surface area contributed by atoms with E-state index >= 15 is 0 Å². The Balaban J connectivity index is 1.54. The van der Waals surface area contributed by atoms with Gasteiger partial charge in [-0.1, -0.05) is 18.7 Å². The number of carbonyl (C=O) groups is 1. The molecule has 0 aromatic carbocycles. The van der Waals surface area contributed by atoms with Crippen LogP contribution in [0.1, 0.15) is 43.0 Å². The lowest BCUT2D eigenvalue weighted by atomic mass is 9.97. The molecule has 0 N–H and O–H groups in total. The zero-order valence-corrected chi connectivity index (χ0v) is 17.0. The number of carbonyl (C=O) groups excluding carboxylic acids is 1. The number of aryl methyl sites for hydroxylation is 2. The average Bonchev–Trinajstić information content (AvgIpc) is 3.02. The monoisotopic (exact) mass is 391 g/mol. The molecule has 5 nitrogen and oxygen atoms in total. The number of nitrogens with zero attached hydrogens (tertiary/aromatic N) is 3. The van der Waals surface area contributed by atoms with Gasteiger partial charge in [0, 0.05) is 25.0 Å². The van der Waals surface area contributed by atoms with E-state index in [1.807, 2.05) is 4.90 Å². The predicted octanol–water partition coefficient (Wildman–Crippen LogP) is 3.22. The summed E-state index contributed by atoms with van der Waals surface area (Å²) in [6.45, 7) is 3.94. The summed E-state index contributed by atoms with van der Waals surface area (Å²) >= 11 is 3.06. The van der Waals surface area contributed by atoms with Crippen LogP contribution in [0, 0.1) is 5.92 Å². The minimum Gasteiger partial charge on any atom is -0.342 e. The number of hydrogen-bond donors (Lipinski definition) is 0. The van der Waals surface area contributed by atoms with Crippen LogP contribution in [0.15, 0.2) is 9.95 Å². The first kappa shape index (κ1) is 18.0. The zero-order chi connectivity index (χ0) is 18.3. The molecular weight excluding hydrogens is 366 g/mol. The van der Waals surface area contributed by atoms with Gasteiger partial charge in [0.1, 0.15) is 4.83 Å². The smallest absolute Gasteiger partial charge is 0.262 e. The van der Waals surface area contributed by atoms with Crippen LogP contribution < -0.4 is 5.56 Å². The molecule has 2 aromatic rings. The van der Waals surface area contributed by atoms with E-state index in [0.717, 1.165) is 55.4 Å². The van der Waals surface area contributed by atoms with Gasteiger partial charge >= 0.3 is 0 Å². The van der Waals surface area contributed by atoms with Gasteiger partial charge in [0.05, 0.1) is 11.1 Å². The lowest BCUT2D eigenvalue weighted by Crippen LogP contribution is -2.39. The van der Waals surface area contributed by atoms with E-state index in [1.54, 1.807) is 23.0 Å². The zero-order valence-electron chi connectivity index (χ0n) is 15.4. The average molecular weight is 392 g/mol. The van der Waals surface area contributed by atoms with Crippen molar-refractivity contribution in [3.63, 3.8) is 0 Å². The first-order valence-electron chi connectivity index (χ1n) is 9.46. The molecule has 0 radical (unpaired) electrons. The highest BCUT2D eigenvalue weighted by Gasteiger charge is 2.23. The molecule has 2 aromatic heterocycles. The van der Waals surface area contributed by atoms with Crippen molar-refractivity contribution in [2.45, 2.75) is 50.6 Å². The molecule has 140 valence electrons.